The first-order valence-corrected chi connectivity index (χ1v) is 23.5. The van der Waals surface area contributed by atoms with Gasteiger partial charge >= 0.3 is 11.8 Å². The third-order valence-corrected chi connectivity index (χ3v) is 14.9. The monoisotopic (exact) mass is 1500 g/mol. The van der Waals surface area contributed by atoms with Gasteiger partial charge in [0, 0.05) is 48.0 Å². The van der Waals surface area contributed by atoms with Crippen LogP contribution in [0.4, 0.5) is 11.4 Å². The first-order chi connectivity index (χ1) is 27.5. The van der Waals surface area contributed by atoms with Crippen LogP contribution in [0.25, 0.3) is 0 Å². The van der Waals surface area contributed by atoms with Crippen LogP contribution in [0.5, 0.6) is 0 Å². The van der Waals surface area contributed by atoms with E-state index in [0.29, 0.717) is 0 Å². The molecule has 6 amide bonds. The Hall–Kier alpha value is -0.320. The largest absolute Gasteiger partial charge is 0.394 e. The van der Waals surface area contributed by atoms with Crippen molar-refractivity contribution in [2.75, 3.05) is 93.2 Å². The zero-order chi connectivity index (χ0) is 45.3. The third kappa shape index (κ3) is 12.7. The Bertz CT molecular complexity index is 1900. The number of methoxy groups -OCH3 is 1. The predicted molar refractivity (Wildman–Crippen MR) is 266 cm³/mol. The zero-order valence-corrected chi connectivity index (χ0v) is 45.0. The van der Waals surface area contributed by atoms with Gasteiger partial charge in [-0.1, -0.05) is 0 Å². The normalized spacial score (nSPS) is 13.8. The fraction of sp³-hybridized carbons (Fsp3) is 0.471. The minimum absolute atomic E-state index is 0.0179. The van der Waals surface area contributed by atoms with Crippen LogP contribution in [0.3, 0.4) is 0 Å². The van der Waals surface area contributed by atoms with E-state index < -0.39 is 91.2 Å². The fourth-order valence-corrected chi connectivity index (χ4v) is 14.9. The molecule has 0 bridgehead atoms. The second-order valence-corrected chi connectivity index (χ2v) is 19.4. The number of hydrogen-bond donors (Lipinski definition) is 9. The van der Waals surface area contributed by atoms with E-state index in [2.05, 4.69) is 16.0 Å². The molecule has 59 heavy (non-hydrogen) atoms. The molecule has 0 aliphatic carbocycles. The molecule has 0 spiro atoms. The van der Waals surface area contributed by atoms with Crippen LogP contribution in [0.1, 0.15) is 41.4 Å². The number of nitrogens with zero attached hydrogens (tertiary/aromatic N) is 3. The van der Waals surface area contributed by atoms with Crippen molar-refractivity contribution in [2.24, 2.45) is 0 Å². The van der Waals surface area contributed by atoms with Gasteiger partial charge in [0.25, 0.3) is 17.7 Å². The Morgan fingerprint density at radius 3 is 1.56 bits per heavy atom. The standard InChI is InChI=1S/C34H42I6N6O13/c1-41-7-18(54)46(4,34(58)22-23(35)19(31(55)42-6-14(50)10-47)25(37)29(26(22)38)43-17(53)13-59-5)30-27(39)20(32(56)44(2)8-15(51)11-48)24(36)21(28(30)40)33(57)45(3)9-16(52)12-49/h14-16,41,47-52H,6-13H2,1-5H3,(H-,42,43,53,55)/p+1. The summed E-state index contributed by atoms with van der Waals surface area (Å²) in [6, 6.07) is 0. The van der Waals surface area contributed by atoms with Crippen molar-refractivity contribution < 1.29 is 64.1 Å². The van der Waals surface area contributed by atoms with Gasteiger partial charge in [-0.25, -0.2) is 9.59 Å². The van der Waals surface area contributed by atoms with Gasteiger partial charge in [-0.15, -0.1) is 0 Å². The quantitative estimate of drug-likeness (QED) is 0.0679. The minimum atomic E-state index is -1.34. The second-order valence-electron chi connectivity index (χ2n) is 12.9. The summed E-state index contributed by atoms with van der Waals surface area (Å²) < 4.78 is 4.25. The molecular weight excluding hydrogens is 1460 g/mol. The van der Waals surface area contributed by atoms with E-state index in [4.69, 9.17) is 4.74 Å². The van der Waals surface area contributed by atoms with Gasteiger partial charge in [0.15, 0.2) is 5.69 Å². The first kappa shape index (κ1) is 54.8. The van der Waals surface area contributed by atoms with Crippen LogP contribution < -0.4 is 20.4 Å². The van der Waals surface area contributed by atoms with Crippen LogP contribution in [0, 0.1) is 21.4 Å². The molecule has 0 aliphatic rings. The number of ether oxygens (including phenoxy) is 1. The number of nitrogens with one attached hydrogen (secondary N) is 3. The van der Waals surface area contributed by atoms with Gasteiger partial charge in [0.1, 0.15) is 18.7 Å². The number of quaternary nitrogens is 1. The number of benzene rings is 2. The highest BCUT2D eigenvalue weighted by Crippen LogP contribution is 2.44. The lowest BCUT2D eigenvalue weighted by Gasteiger charge is -2.34. The molecule has 0 fully saturated rings. The van der Waals surface area contributed by atoms with E-state index in [0.717, 1.165) is 9.80 Å². The van der Waals surface area contributed by atoms with E-state index in [-0.39, 0.29) is 74.7 Å². The molecule has 9 N–H and O–H groups in total. The van der Waals surface area contributed by atoms with Crippen molar-refractivity contribution in [3.8, 4) is 0 Å². The van der Waals surface area contributed by atoms with E-state index in [1.165, 1.54) is 35.3 Å². The summed E-state index contributed by atoms with van der Waals surface area (Å²) in [5, 5.41) is 66.8. The second kappa shape index (κ2) is 24.7. The Morgan fingerprint density at radius 1 is 0.695 bits per heavy atom. The molecule has 0 aliphatic heterocycles. The molecule has 2 aromatic rings. The summed E-state index contributed by atoms with van der Waals surface area (Å²) in [6.07, 6.45) is -4.00. The highest BCUT2D eigenvalue weighted by Gasteiger charge is 2.51. The van der Waals surface area contributed by atoms with E-state index in [1.54, 1.807) is 45.2 Å². The van der Waals surface area contributed by atoms with Crippen LogP contribution in [0.15, 0.2) is 0 Å². The number of carbonyl (C=O) groups is 6. The van der Waals surface area contributed by atoms with Crippen LogP contribution >= 0.6 is 136 Å². The van der Waals surface area contributed by atoms with Crippen molar-refractivity contribution in [1.82, 2.24) is 24.9 Å². The molecule has 0 radical (unpaired) electrons. The maximum absolute atomic E-state index is 15.6. The minimum Gasteiger partial charge on any atom is -0.394 e. The van der Waals surface area contributed by atoms with Crippen LogP contribution in [-0.4, -0.2) is 182 Å². The van der Waals surface area contributed by atoms with Crippen LogP contribution in [0.2, 0.25) is 0 Å². The highest BCUT2D eigenvalue weighted by molar-refractivity contribution is 14.1. The summed E-state index contributed by atoms with van der Waals surface area (Å²) in [5.74, 6) is -4.68. The molecular formula is C34H43I6N6O13+. The molecule has 2 rings (SSSR count). The molecule has 2 aromatic carbocycles. The number of amides is 6. The molecule has 4 unspecified atom stereocenters. The summed E-state index contributed by atoms with van der Waals surface area (Å²) in [5.41, 5.74) is -0.702. The molecule has 0 saturated carbocycles. The molecule has 0 heterocycles. The summed E-state index contributed by atoms with van der Waals surface area (Å²) >= 11 is 10.8. The number of halogens is 6. The fourth-order valence-electron chi connectivity index (χ4n) is 5.42. The molecule has 0 saturated heterocycles. The predicted octanol–water partition coefficient (Wildman–Crippen LogP) is 0.356. The average Bonchev–Trinajstić information content (AvgIpc) is 3.17. The highest BCUT2D eigenvalue weighted by atomic mass is 127. The molecule has 328 valence electrons. The molecule has 19 nitrogen and oxygen atoms in total. The number of anilines is 1. The summed E-state index contributed by atoms with van der Waals surface area (Å²) in [7, 11) is 6.73. The number of imide groups is 1. The maximum Gasteiger partial charge on any atom is 0.360 e. The van der Waals surface area contributed by atoms with Crippen molar-refractivity contribution in [3.63, 3.8) is 0 Å². The average molecular weight is 1510 g/mol. The van der Waals surface area contributed by atoms with Gasteiger partial charge in [-0.2, -0.15) is 4.48 Å². The molecule has 0 aromatic heterocycles. The Balaban J connectivity index is 3.30. The van der Waals surface area contributed by atoms with Gasteiger partial charge in [0.05, 0.1) is 81.8 Å². The first-order valence-electron chi connectivity index (χ1n) is 17.0. The maximum atomic E-state index is 15.6. The SMILES string of the molecule is CNCC(=O)[N+](C)(C(=O)c1c(I)c(NC(=O)COC)c(I)c(C(=O)NCC(O)CO)c1I)c1c(I)c(C(=O)N(C)CC(O)CO)c(I)c(C(=O)N(C)CC(O)CO)c1I. The number of hydrogen-bond acceptors (Lipinski definition) is 14. The number of likely N-dealkylation sites (N-methyl/N-ethyl adjacent to an activating group) is 4. The van der Waals surface area contributed by atoms with Crippen molar-refractivity contribution in [3.05, 3.63) is 43.7 Å². The topological polar surface area (TPSA) is 276 Å². The van der Waals surface area contributed by atoms with E-state index in [1.807, 2.05) is 90.4 Å². The van der Waals surface area contributed by atoms with Crippen molar-refractivity contribution in [2.45, 2.75) is 18.3 Å². The molecule has 25 heteroatoms. The number of rotatable bonds is 19. The van der Waals surface area contributed by atoms with Crippen molar-refractivity contribution >= 4 is 182 Å². The summed E-state index contributed by atoms with van der Waals surface area (Å²) in [4.78, 5) is 87.9. The number of carbonyl (C=O) groups excluding carboxylic acids is 6. The zero-order valence-electron chi connectivity index (χ0n) is 32.0. The number of aliphatic hydroxyl groups excluding tert-OH is 6. The third-order valence-electron chi connectivity index (χ3n) is 8.49. The summed E-state index contributed by atoms with van der Waals surface area (Å²) in [6.45, 7) is -3.89. The van der Waals surface area contributed by atoms with E-state index in [9.17, 15) is 54.6 Å². The van der Waals surface area contributed by atoms with Crippen molar-refractivity contribution in [1.29, 1.82) is 0 Å². The lowest BCUT2D eigenvalue weighted by atomic mass is 10.0. The van der Waals surface area contributed by atoms with Gasteiger partial charge < -0.3 is 61.1 Å². The van der Waals surface area contributed by atoms with Crippen LogP contribution in [-0.2, 0) is 14.3 Å². The lowest BCUT2D eigenvalue weighted by molar-refractivity contribution is -0.126. The van der Waals surface area contributed by atoms with Gasteiger partial charge in [0.2, 0.25) is 5.91 Å². The Morgan fingerprint density at radius 2 is 1.14 bits per heavy atom. The van der Waals surface area contributed by atoms with Gasteiger partial charge in [-0.05, 0) is 143 Å². The Labute approximate surface area is 421 Å². The smallest absolute Gasteiger partial charge is 0.360 e. The Kier molecular flexibility index (Phi) is 22.9. The molecule has 4 atom stereocenters. The lowest BCUT2D eigenvalue weighted by Crippen LogP contribution is -2.59. The van der Waals surface area contributed by atoms with E-state index >= 15 is 4.79 Å². The van der Waals surface area contributed by atoms with Gasteiger partial charge in [-0.3, -0.25) is 19.2 Å². The number of aliphatic hydroxyl groups is 6.